The molecular weight excluding hydrogens is 580 g/mol. The van der Waals surface area contributed by atoms with E-state index in [9.17, 15) is 19.1 Å². The maximum atomic E-state index is 14.1. The Bertz CT molecular complexity index is 1610. The summed E-state index contributed by atoms with van der Waals surface area (Å²) in [7, 11) is 1.26. The van der Waals surface area contributed by atoms with Crippen molar-refractivity contribution in [1.82, 2.24) is 15.1 Å². The zero-order chi connectivity index (χ0) is 29.8. The zero-order valence-corrected chi connectivity index (χ0v) is 24.5. The molecule has 0 fully saturated rings. The molecule has 5 rings (SSSR count). The minimum absolute atomic E-state index is 0.0708. The van der Waals surface area contributed by atoms with Crippen LogP contribution in [0.5, 0.6) is 5.75 Å². The summed E-state index contributed by atoms with van der Waals surface area (Å²) in [5.74, 6) is -1.40. The summed E-state index contributed by atoms with van der Waals surface area (Å²) < 4.78 is 20.8. The molecule has 1 amide bonds. The van der Waals surface area contributed by atoms with E-state index in [2.05, 4.69) is 5.32 Å². The summed E-state index contributed by atoms with van der Waals surface area (Å²) >= 11 is 12.8. The second-order valence-corrected chi connectivity index (χ2v) is 11.3. The molecule has 2 N–H and O–H groups in total. The first kappa shape index (κ1) is 29.6. The number of phenols is 1. The lowest BCUT2D eigenvalue weighted by Gasteiger charge is -2.19. The number of methoxy groups -OCH3 is 1. The van der Waals surface area contributed by atoms with Gasteiger partial charge in [0, 0.05) is 22.9 Å². The van der Waals surface area contributed by atoms with E-state index in [-0.39, 0.29) is 29.6 Å². The number of hydrogen-bond acceptors (Lipinski definition) is 5. The van der Waals surface area contributed by atoms with Crippen LogP contribution in [0.4, 0.5) is 4.39 Å². The van der Waals surface area contributed by atoms with Gasteiger partial charge in [0.25, 0.3) is 5.91 Å². The van der Waals surface area contributed by atoms with Gasteiger partial charge in [-0.2, -0.15) is 5.10 Å². The van der Waals surface area contributed by atoms with E-state index in [0.29, 0.717) is 28.6 Å². The standard InChI is InChI=1S/C32H30Cl2FN3O4/c1-42-32(41)27(17-19-9-12-24(39)13-10-19)36-31(40)29-25-8-3-2-6-21(15-20-5-4-7-23(35)16-20)30(25)38(37-29)28-14-11-22(33)18-26(28)34/h4-5,7,9-14,16,18,21,27,39H,2-3,6,8,15,17H2,1H3,(H,36,40)/t21?,27-/m1/s1. The van der Waals surface area contributed by atoms with Gasteiger partial charge in [-0.3, -0.25) is 4.79 Å². The second-order valence-electron chi connectivity index (χ2n) is 10.4. The average molecular weight is 611 g/mol. The minimum Gasteiger partial charge on any atom is -0.508 e. The lowest BCUT2D eigenvalue weighted by Crippen LogP contribution is -2.43. The van der Waals surface area contributed by atoms with Crippen LogP contribution in [0, 0.1) is 5.82 Å². The van der Waals surface area contributed by atoms with Gasteiger partial charge in [-0.15, -0.1) is 0 Å². The highest BCUT2D eigenvalue weighted by atomic mass is 35.5. The Morgan fingerprint density at radius 1 is 1.10 bits per heavy atom. The summed E-state index contributed by atoms with van der Waals surface area (Å²) in [6.07, 6.45) is 3.87. The van der Waals surface area contributed by atoms with Gasteiger partial charge in [0.05, 0.1) is 23.5 Å². The number of esters is 1. The average Bonchev–Trinajstić information content (AvgIpc) is 3.22. The molecule has 3 aromatic carbocycles. The summed E-state index contributed by atoms with van der Waals surface area (Å²) in [6, 6.07) is 17.0. The molecule has 1 aromatic heterocycles. The van der Waals surface area contributed by atoms with Crippen LogP contribution in [0.2, 0.25) is 10.0 Å². The minimum atomic E-state index is -0.985. The topological polar surface area (TPSA) is 93.4 Å². The summed E-state index contributed by atoms with van der Waals surface area (Å²) in [4.78, 5) is 26.6. The second kappa shape index (κ2) is 13.0. The molecule has 218 valence electrons. The van der Waals surface area contributed by atoms with Crippen molar-refractivity contribution in [2.45, 2.75) is 50.5 Å². The SMILES string of the molecule is COC(=O)[C@@H](Cc1ccc(O)cc1)NC(=O)c1nn(-c2ccc(Cl)cc2Cl)c2c1CCCCC2Cc1cccc(F)c1. The quantitative estimate of drug-likeness (QED) is 0.174. The fourth-order valence-electron chi connectivity index (χ4n) is 5.55. The lowest BCUT2D eigenvalue weighted by atomic mass is 9.90. The van der Waals surface area contributed by atoms with Crippen molar-refractivity contribution in [2.24, 2.45) is 0 Å². The van der Waals surface area contributed by atoms with Gasteiger partial charge in [0.1, 0.15) is 17.6 Å². The molecule has 1 aliphatic rings. The fourth-order valence-corrected chi connectivity index (χ4v) is 6.04. The van der Waals surface area contributed by atoms with Crippen LogP contribution in [0.3, 0.4) is 0 Å². The number of nitrogens with zero attached hydrogens (tertiary/aromatic N) is 2. The van der Waals surface area contributed by atoms with Gasteiger partial charge >= 0.3 is 5.97 Å². The van der Waals surface area contributed by atoms with E-state index in [1.165, 1.54) is 31.4 Å². The third-order valence-corrected chi connectivity index (χ3v) is 8.07. The highest BCUT2D eigenvalue weighted by Gasteiger charge is 2.33. The summed E-state index contributed by atoms with van der Waals surface area (Å²) in [6.45, 7) is 0. The molecule has 0 saturated carbocycles. The van der Waals surface area contributed by atoms with Gasteiger partial charge < -0.3 is 15.2 Å². The van der Waals surface area contributed by atoms with E-state index < -0.39 is 17.9 Å². The predicted molar refractivity (Wildman–Crippen MR) is 159 cm³/mol. The van der Waals surface area contributed by atoms with Crippen LogP contribution in [0.25, 0.3) is 5.69 Å². The number of ether oxygens (including phenoxy) is 1. The number of rotatable bonds is 8. The Morgan fingerprint density at radius 3 is 2.60 bits per heavy atom. The highest BCUT2D eigenvalue weighted by Crippen LogP contribution is 2.38. The number of carbonyl (C=O) groups is 2. The number of amides is 1. The fraction of sp³-hybridized carbons (Fsp3) is 0.281. The number of aromatic nitrogens is 2. The van der Waals surface area contributed by atoms with E-state index in [0.717, 1.165) is 41.6 Å². The molecule has 1 unspecified atom stereocenters. The molecule has 0 radical (unpaired) electrons. The molecule has 0 spiro atoms. The highest BCUT2D eigenvalue weighted by molar-refractivity contribution is 6.35. The van der Waals surface area contributed by atoms with Crippen LogP contribution >= 0.6 is 23.2 Å². The molecule has 0 aliphatic heterocycles. The first-order valence-electron chi connectivity index (χ1n) is 13.7. The van der Waals surface area contributed by atoms with Crippen molar-refractivity contribution in [3.8, 4) is 11.4 Å². The van der Waals surface area contributed by atoms with E-state index in [4.69, 9.17) is 33.0 Å². The van der Waals surface area contributed by atoms with E-state index in [1.807, 2.05) is 6.07 Å². The van der Waals surface area contributed by atoms with Crippen molar-refractivity contribution >= 4 is 35.1 Å². The van der Waals surface area contributed by atoms with Crippen LogP contribution in [0.1, 0.15) is 58.1 Å². The number of benzene rings is 3. The number of fused-ring (bicyclic) bond motifs is 1. The number of halogens is 3. The maximum absolute atomic E-state index is 14.1. The molecule has 0 bridgehead atoms. The number of hydrogen-bond donors (Lipinski definition) is 2. The Kier molecular flexibility index (Phi) is 9.14. The van der Waals surface area contributed by atoms with Crippen LogP contribution in [-0.4, -0.2) is 39.9 Å². The molecule has 4 aromatic rings. The first-order valence-corrected chi connectivity index (χ1v) is 14.5. The van der Waals surface area contributed by atoms with Gasteiger partial charge in [0.2, 0.25) is 0 Å². The number of nitrogens with one attached hydrogen (secondary N) is 1. The molecule has 7 nitrogen and oxygen atoms in total. The number of carbonyl (C=O) groups excluding carboxylic acids is 2. The molecule has 1 heterocycles. The predicted octanol–water partition coefficient (Wildman–Crippen LogP) is 6.59. The van der Waals surface area contributed by atoms with Crippen LogP contribution in [0.15, 0.2) is 66.7 Å². The van der Waals surface area contributed by atoms with Crippen molar-refractivity contribution < 1.29 is 23.8 Å². The first-order chi connectivity index (χ1) is 20.2. The normalized spacial score (nSPS) is 15.4. The Labute approximate surface area is 253 Å². The van der Waals surface area contributed by atoms with E-state index >= 15 is 0 Å². The van der Waals surface area contributed by atoms with Crippen LogP contribution < -0.4 is 5.32 Å². The van der Waals surface area contributed by atoms with Crippen molar-refractivity contribution in [3.05, 3.63) is 111 Å². The molecule has 10 heteroatoms. The maximum Gasteiger partial charge on any atom is 0.328 e. The smallest absolute Gasteiger partial charge is 0.328 e. The number of aromatic hydroxyl groups is 1. The lowest BCUT2D eigenvalue weighted by molar-refractivity contribution is -0.142. The third kappa shape index (κ3) is 6.61. The summed E-state index contributed by atoms with van der Waals surface area (Å²) in [5, 5.41) is 18.1. The van der Waals surface area contributed by atoms with Crippen molar-refractivity contribution in [1.29, 1.82) is 0 Å². The molecule has 1 aliphatic carbocycles. The monoisotopic (exact) mass is 609 g/mol. The van der Waals surface area contributed by atoms with Gasteiger partial charge in [-0.05, 0) is 79.3 Å². The van der Waals surface area contributed by atoms with Gasteiger partial charge in [0.15, 0.2) is 5.69 Å². The largest absolute Gasteiger partial charge is 0.508 e. The third-order valence-electron chi connectivity index (χ3n) is 7.53. The Hall–Kier alpha value is -3.88. The molecular formula is C32H30Cl2FN3O4. The zero-order valence-electron chi connectivity index (χ0n) is 22.9. The van der Waals surface area contributed by atoms with Crippen molar-refractivity contribution in [3.63, 3.8) is 0 Å². The number of phenolic OH excluding ortho intramolecular Hbond substituents is 1. The Morgan fingerprint density at radius 2 is 1.88 bits per heavy atom. The van der Waals surface area contributed by atoms with Gasteiger partial charge in [-0.1, -0.05) is 53.9 Å². The molecule has 42 heavy (non-hydrogen) atoms. The van der Waals surface area contributed by atoms with Gasteiger partial charge in [-0.25, -0.2) is 13.9 Å². The van der Waals surface area contributed by atoms with Crippen LogP contribution in [-0.2, 0) is 28.8 Å². The Balaban J connectivity index is 1.56. The van der Waals surface area contributed by atoms with Crippen molar-refractivity contribution in [2.75, 3.05) is 7.11 Å². The molecule has 2 atom stereocenters. The summed E-state index contributed by atoms with van der Waals surface area (Å²) in [5.41, 5.74) is 3.94. The van der Waals surface area contributed by atoms with E-state index in [1.54, 1.807) is 41.1 Å². The molecule has 0 saturated heterocycles.